The molecular weight excluding hydrogens is 328 g/mol. The first-order valence-corrected chi connectivity index (χ1v) is 7.31. The Morgan fingerprint density at radius 1 is 0.875 bits per heavy atom. The van der Waals surface area contributed by atoms with Crippen molar-refractivity contribution in [3.8, 4) is 28.7 Å². The van der Waals surface area contributed by atoms with Crippen LogP contribution in [0.3, 0.4) is 0 Å². The molecular formula is C15H9ClN8. The molecule has 0 aliphatic rings. The van der Waals surface area contributed by atoms with E-state index in [9.17, 15) is 0 Å². The fourth-order valence-electron chi connectivity index (χ4n) is 2.03. The summed E-state index contributed by atoms with van der Waals surface area (Å²) in [6.07, 6.45) is 9.79. The predicted octanol–water partition coefficient (Wildman–Crippen LogP) is 2.23. The van der Waals surface area contributed by atoms with Gasteiger partial charge < -0.3 is 0 Å². The Morgan fingerprint density at radius 2 is 1.75 bits per heavy atom. The zero-order valence-corrected chi connectivity index (χ0v) is 12.9. The highest BCUT2D eigenvalue weighted by atomic mass is 35.5. The number of hydrogen-bond donors (Lipinski definition) is 0. The van der Waals surface area contributed by atoms with Gasteiger partial charge in [-0.3, -0.25) is 4.98 Å². The van der Waals surface area contributed by atoms with Crippen molar-refractivity contribution in [3.63, 3.8) is 0 Å². The van der Waals surface area contributed by atoms with E-state index in [-0.39, 0.29) is 0 Å². The molecule has 4 rings (SSSR count). The van der Waals surface area contributed by atoms with Crippen LogP contribution in [-0.2, 0) is 0 Å². The topological polar surface area (TPSA) is 95.2 Å². The fourth-order valence-corrected chi connectivity index (χ4v) is 2.13. The number of hydrogen-bond acceptors (Lipinski definition) is 7. The van der Waals surface area contributed by atoms with E-state index >= 15 is 0 Å². The minimum Gasteiger partial charge on any atom is -0.262 e. The van der Waals surface area contributed by atoms with Crippen LogP contribution in [0.5, 0.6) is 0 Å². The zero-order valence-electron chi connectivity index (χ0n) is 12.2. The number of pyridine rings is 1. The third-order valence-corrected chi connectivity index (χ3v) is 3.34. The third-order valence-electron chi connectivity index (χ3n) is 3.14. The highest BCUT2D eigenvalue weighted by Gasteiger charge is 2.10. The molecule has 0 bridgehead atoms. The normalized spacial score (nSPS) is 10.7. The maximum atomic E-state index is 5.80. The average molecular weight is 337 g/mol. The maximum absolute atomic E-state index is 5.80. The lowest BCUT2D eigenvalue weighted by Crippen LogP contribution is -1.96. The van der Waals surface area contributed by atoms with Gasteiger partial charge in [0.15, 0.2) is 11.6 Å². The lowest BCUT2D eigenvalue weighted by molar-refractivity contribution is 0.800. The first-order chi connectivity index (χ1) is 11.8. The van der Waals surface area contributed by atoms with E-state index < -0.39 is 0 Å². The van der Waals surface area contributed by atoms with Gasteiger partial charge in [-0.2, -0.15) is 0 Å². The molecule has 0 aliphatic heterocycles. The van der Waals surface area contributed by atoms with Crippen LogP contribution in [0.2, 0.25) is 5.02 Å². The predicted molar refractivity (Wildman–Crippen MR) is 86.2 cm³/mol. The molecule has 0 fully saturated rings. The summed E-state index contributed by atoms with van der Waals surface area (Å²) in [6.45, 7) is 0. The van der Waals surface area contributed by atoms with Crippen LogP contribution in [-0.4, -0.2) is 39.9 Å². The summed E-state index contributed by atoms with van der Waals surface area (Å²) in [5.74, 6) is 0.779. The molecule has 0 N–H and O–H groups in total. The van der Waals surface area contributed by atoms with Gasteiger partial charge in [-0.05, 0) is 18.2 Å². The van der Waals surface area contributed by atoms with Crippen molar-refractivity contribution in [3.05, 3.63) is 60.4 Å². The maximum Gasteiger partial charge on any atom is 0.198 e. The van der Waals surface area contributed by atoms with Crippen molar-refractivity contribution in [1.29, 1.82) is 0 Å². The molecule has 0 saturated heterocycles. The molecule has 0 spiro atoms. The standard InChI is InChI=1S/C15H9ClN8/c16-10-6-19-14(20-7-10)15-18-5-3-12(21-15)13-9-24(23-22-13)11-2-1-4-17-8-11/h1-9H. The lowest BCUT2D eigenvalue weighted by atomic mass is 10.3. The van der Waals surface area contributed by atoms with E-state index in [0.717, 1.165) is 5.69 Å². The highest BCUT2D eigenvalue weighted by molar-refractivity contribution is 6.30. The summed E-state index contributed by atoms with van der Waals surface area (Å²) in [6, 6.07) is 5.47. The molecule has 8 nitrogen and oxygen atoms in total. The molecule has 9 heteroatoms. The van der Waals surface area contributed by atoms with Gasteiger partial charge >= 0.3 is 0 Å². The van der Waals surface area contributed by atoms with E-state index in [1.165, 1.54) is 12.4 Å². The molecule has 24 heavy (non-hydrogen) atoms. The Hall–Kier alpha value is -3.26. The van der Waals surface area contributed by atoms with E-state index in [2.05, 4.69) is 35.2 Å². The van der Waals surface area contributed by atoms with Gasteiger partial charge in [-0.1, -0.05) is 16.8 Å². The van der Waals surface area contributed by atoms with Gasteiger partial charge in [0.1, 0.15) is 5.69 Å². The van der Waals surface area contributed by atoms with Gasteiger partial charge in [0.2, 0.25) is 0 Å². The molecule has 4 heterocycles. The van der Waals surface area contributed by atoms with E-state index in [1.807, 2.05) is 12.1 Å². The first-order valence-electron chi connectivity index (χ1n) is 6.94. The Morgan fingerprint density at radius 3 is 2.54 bits per heavy atom. The number of halogens is 1. The van der Waals surface area contributed by atoms with Gasteiger partial charge in [-0.15, -0.1) is 5.10 Å². The van der Waals surface area contributed by atoms with Gasteiger partial charge in [0.25, 0.3) is 0 Å². The summed E-state index contributed by atoms with van der Waals surface area (Å²) in [5.41, 5.74) is 2.04. The first kappa shape index (κ1) is 14.3. The van der Waals surface area contributed by atoms with Crippen LogP contribution in [0, 0.1) is 0 Å². The molecule has 0 radical (unpaired) electrons. The zero-order chi connectivity index (χ0) is 16.4. The summed E-state index contributed by atoms with van der Waals surface area (Å²) in [7, 11) is 0. The number of aromatic nitrogens is 8. The van der Waals surface area contributed by atoms with Gasteiger partial charge in [-0.25, -0.2) is 24.6 Å². The van der Waals surface area contributed by atoms with Crippen LogP contribution in [0.1, 0.15) is 0 Å². The van der Waals surface area contributed by atoms with Crippen LogP contribution < -0.4 is 0 Å². The molecule has 0 atom stereocenters. The second-order valence-electron chi connectivity index (χ2n) is 4.75. The van der Waals surface area contributed by atoms with Crippen molar-refractivity contribution in [2.24, 2.45) is 0 Å². The number of nitrogens with zero attached hydrogens (tertiary/aromatic N) is 8. The van der Waals surface area contributed by atoms with E-state index in [0.29, 0.717) is 28.1 Å². The van der Waals surface area contributed by atoms with Crippen LogP contribution >= 0.6 is 11.6 Å². The molecule has 0 unspecified atom stereocenters. The largest absolute Gasteiger partial charge is 0.262 e. The summed E-state index contributed by atoms with van der Waals surface area (Å²) in [4.78, 5) is 20.9. The Bertz CT molecular complexity index is 968. The fraction of sp³-hybridized carbons (Fsp3) is 0. The van der Waals surface area contributed by atoms with Crippen molar-refractivity contribution in [1.82, 2.24) is 39.9 Å². The van der Waals surface area contributed by atoms with E-state index in [1.54, 1.807) is 35.5 Å². The SMILES string of the molecule is Clc1cnc(-c2nccc(-c3cn(-c4cccnc4)nn3)n2)nc1. The monoisotopic (exact) mass is 336 g/mol. The second kappa shape index (κ2) is 6.09. The average Bonchev–Trinajstić information content (AvgIpc) is 3.13. The highest BCUT2D eigenvalue weighted by Crippen LogP contribution is 2.18. The second-order valence-corrected chi connectivity index (χ2v) is 5.19. The molecule has 0 saturated carbocycles. The minimum absolute atomic E-state index is 0.389. The Labute approximate surface area is 141 Å². The summed E-state index contributed by atoms with van der Waals surface area (Å²) < 4.78 is 1.63. The van der Waals surface area contributed by atoms with Gasteiger partial charge in [0, 0.05) is 24.8 Å². The minimum atomic E-state index is 0.389. The Balaban J connectivity index is 1.69. The third kappa shape index (κ3) is 2.82. The quantitative estimate of drug-likeness (QED) is 0.566. The smallest absolute Gasteiger partial charge is 0.198 e. The molecule has 0 aliphatic carbocycles. The van der Waals surface area contributed by atoms with E-state index in [4.69, 9.17) is 11.6 Å². The van der Waals surface area contributed by atoms with Crippen LogP contribution in [0.4, 0.5) is 0 Å². The summed E-state index contributed by atoms with van der Waals surface area (Å²) in [5, 5.41) is 8.69. The Kier molecular flexibility index (Phi) is 3.64. The van der Waals surface area contributed by atoms with Crippen LogP contribution in [0.25, 0.3) is 28.7 Å². The molecule has 4 aromatic rings. The van der Waals surface area contributed by atoms with Crippen molar-refractivity contribution >= 4 is 11.6 Å². The van der Waals surface area contributed by atoms with Crippen molar-refractivity contribution < 1.29 is 0 Å². The molecule has 0 amide bonds. The molecule has 4 aromatic heterocycles. The van der Waals surface area contributed by atoms with Crippen molar-refractivity contribution in [2.75, 3.05) is 0 Å². The van der Waals surface area contributed by atoms with Crippen molar-refractivity contribution in [2.45, 2.75) is 0 Å². The number of rotatable bonds is 3. The molecule has 0 aromatic carbocycles. The molecule has 116 valence electrons. The van der Waals surface area contributed by atoms with Gasteiger partial charge in [0.05, 0.1) is 28.8 Å². The lowest BCUT2D eigenvalue weighted by Gasteiger charge is -2.00. The summed E-state index contributed by atoms with van der Waals surface area (Å²) >= 11 is 5.80. The van der Waals surface area contributed by atoms with Crippen LogP contribution in [0.15, 0.2) is 55.4 Å².